The van der Waals surface area contributed by atoms with Gasteiger partial charge < -0.3 is 0 Å². The smallest absolute Gasteiger partial charge is 0.207 e. The third-order valence-corrected chi connectivity index (χ3v) is 8.47. The molecule has 0 radical (unpaired) electrons. The number of aryl methyl sites for hydroxylation is 1. The highest BCUT2D eigenvalue weighted by Gasteiger charge is 2.35. The molecule has 0 unspecified atom stereocenters. The Morgan fingerprint density at radius 3 is 2.31 bits per heavy atom. The number of benzene rings is 1. The third-order valence-electron chi connectivity index (χ3n) is 4.67. The first-order valence-electron chi connectivity index (χ1n) is 8.52. The van der Waals surface area contributed by atoms with Crippen molar-refractivity contribution >= 4 is 20.0 Å². The van der Waals surface area contributed by atoms with Gasteiger partial charge in [0.15, 0.2) is 0 Å². The van der Waals surface area contributed by atoms with Crippen LogP contribution in [-0.4, -0.2) is 43.4 Å². The molecule has 0 saturated carbocycles. The second kappa shape index (κ2) is 6.79. The first-order valence-corrected chi connectivity index (χ1v) is 11.4. The maximum absolute atomic E-state index is 13.1. The first-order chi connectivity index (χ1) is 12.2. The summed E-state index contributed by atoms with van der Waals surface area (Å²) < 4.78 is 54.3. The molecule has 1 aromatic heterocycles. The Bertz CT molecular complexity index is 1010. The number of hydrogen-bond acceptors (Lipinski definition) is 5. The fraction of sp³-hybridized carbons (Fsp3) is 0.471. The lowest BCUT2D eigenvalue weighted by molar-refractivity contribution is 0.281. The molecule has 1 fully saturated rings. The number of hydrogen-bond donors (Lipinski definition) is 0. The minimum Gasteiger partial charge on any atom is -0.207 e. The van der Waals surface area contributed by atoms with E-state index >= 15 is 0 Å². The lowest BCUT2D eigenvalue weighted by Crippen LogP contribution is -2.39. The molecule has 1 atom stereocenters. The normalized spacial score (nSPS) is 19.6. The van der Waals surface area contributed by atoms with Gasteiger partial charge in [-0.1, -0.05) is 25.1 Å². The van der Waals surface area contributed by atoms with E-state index in [4.69, 9.17) is 0 Å². The number of piperidine rings is 1. The molecular formula is C17H23N3O4S2. The van der Waals surface area contributed by atoms with Crippen molar-refractivity contribution in [1.29, 1.82) is 0 Å². The Balaban J connectivity index is 2.09. The molecule has 0 spiro atoms. The molecule has 1 aliphatic heterocycles. The first kappa shape index (κ1) is 19.1. The van der Waals surface area contributed by atoms with Crippen LogP contribution in [-0.2, 0) is 20.0 Å². The van der Waals surface area contributed by atoms with Crippen LogP contribution in [0.15, 0.2) is 40.1 Å². The van der Waals surface area contributed by atoms with Crippen LogP contribution in [0.4, 0.5) is 0 Å². The number of aromatic nitrogens is 2. The molecule has 7 nitrogen and oxygen atoms in total. The van der Waals surface area contributed by atoms with Crippen molar-refractivity contribution in [2.24, 2.45) is 5.92 Å². The Labute approximate surface area is 154 Å². The van der Waals surface area contributed by atoms with Crippen LogP contribution in [0.2, 0.25) is 0 Å². The standard InChI is InChI=1S/C17H23N3O4S2/c1-13-8-7-11-19(12-13)26(23,24)17-14(2)18-20(15(17)3)25(21,22)16-9-5-4-6-10-16/h4-6,9-10,13H,7-8,11-12H2,1-3H3/t13-/m1/s1. The van der Waals surface area contributed by atoms with Crippen molar-refractivity contribution in [3.63, 3.8) is 0 Å². The van der Waals surface area contributed by atoms with Gasteiger partial charge in [-0.2, -0.15) is 21.9 Å². The Kier molecular flexibility index (Phi) is 4.98. The zero-order valence-electron chi connectivity index (χ0n) is 15.1. The Morgan fingerprint density at radius 2 is 1.69 bits per heavy atom. The summed E-state index contributed by atoms with van der Waals surface area (Å²) in [6.07, 6.45) is 1.79. The highest BCUT2D eigenvalue weighted by atomic mass is 32.2. The van der Waals surface area contributed by atoms with Gasteiger partial charge in [-0.3, -0.25) is 0 Å². The summed E-state index contributed by atoms with van der Waals surface area (Å²) in [7, 11) is -7.74. The molecule has 0 bridgehead atoms. The van der Waals surface area contributed by atoms with Crippen molar-refractivity contribution in [3.8, 4) is 0 Å². The highest BCUT2D eigenvalue weighted by molar-refractivity contribution is 7.90. The SMILES string of the molecule is Cc1nn(S(=O)(=O)c2ccccc2)c(C)c1S(=O)(=O)N1CCC[C@@H](C)C1. The number of nitrogens with zero attached hydrogens (tertiary/aromatic N) is 3. The summed E-state index contributed by atoms with van der Waals surface area (Å²) in [4.78, 5) is 0.0623. The molecule has 0 amide bonds. The maximum Gasteiger partial charge on any atom is 0.283 e. The van der Waals surface area contributed by atoms with Gasteiger partial charge in [0, 0.05) is 13.1 Å². The molecule has 9 heteroatoms. The fourth-order valence-electron chi connectivity index (χ4n) is 3.40. The van der Waals surface area contributed by atoms with Gasteiger partial charge in [-0.25, -0.2) is 8.42 Å². The molecular weight excluding hydrogens is 374 g/mol. The topological polar surface area (TPSA) is 89.3 Å². The van der Waals surface area contributed by atoms with Crippen LogP contribution >= 0.6 is 0 Å². The average Bonchev–Trinajstić information content (AvgIpc) is 2.91. The van der Waals surface area contributed by atoms with Gasteiger partial charge in [-0.15, -0.1) is 0 Å². The van der Waals surface area contributed by atoms with Gasteiger partial charge in [0.05, 0.1) is 16.3 Å². The van der Waals surface area contributed by atoms with Crippen molar-refractivity contribution in [1.82, 2.24) is 13.5 Å². The molecule has 3 rings (SSSR count). The monoisotopic (exact) mass is 397 g/mol. The van der Waals surface area contributed by atoms with Crippen LogP contribution in [0.3, 0.4) is 0 Å². The van der Waals surface area contributed by atoms with Crippen LogP contribution in [0.25, 0.3) is 0 Å². The molecule has 2 heterocycles. The second-order valence-electron chi connectivity index (χ2n) is 6.77. The average molecular weight is 398 g/mol. The van der Waals surface area contributed by atoms with Crippen molar-refractivity contribution < 1.29 is 16.8 Å². The summed E-state index contributed by atoms with van der Waals surface area (Å²) in [5.41, 5.74) is 0.310. The Hall–Kier alpha value is -1.71. The van der Waals surface area contributed by atoms with Crippen molar-refractivity contribution in [2.75, 3.05) is 13.1 Å². The van der Waals surface area contributed by atoms with E-state index < -0.39 is 20.0 Å². The fourth-order valence-corrected chi connectivity index (χ4v) is 6.79. The zero-order valence-corrected chi connectivity index (χ0v) is 16.7. The number of sulfonamides is 1. The summed E-state index contributed by atoms with van der Waals surface area (Å²) >= 11 is 0. The third kappa shape index (κ3) is 3.19. The van der Waals surface area contributed by atoms with E-state index in [0.29, 0.717) is 13.1 Å². The molecule has 0 N–H and O–H groups in total. The predicted molar refractivity (Wildman–Crippen MR) is 97.9 cm³/mol. The molecule has 1 aliphatic rings. The van der Waals surface area contributed by atoms with Crippen LogP contribution < -0.4 is 0 Å². The van der Waals surface area contributed by atoms with Gasteiger partial charge in [0.2, 0.25) is 10.0 Å². The van der Waals surface area contributed by atoms with Crippen LogP contribution in [0, 0.1) is 19.8 Å². The minimum atomic E-state index is -3.95. The van der Waals surface area contributed by atoms with E-state index in [-0.39, 0.29) is 27.1 Å². The van der Waals surface area contributed by atoms with Gasteiger partial charge >= 0.3 is 0 Å². The highest BCUT2D eigenvalue weighted by Crippen LogP contribution is 2.29. The summed E-state index contributed by atoms with van der Waals surface area (Å²) in [5.74, 6) is 0.280. The second-order valence-corrected chi connectivity index (χ2v) is 10.4. The lowest BCUT2D eigenvalue weighted by atomic mass is 10.0. The quantitative estimate of drug-likeness (QED) is 0.789. The van der Waals surface area contributed by atoms with E-state index in [0.717, 1.165) is 16.9 Å². The van der Waals surface area contributed by atoms with E-state index in [9.17, 15) is 16.8 Å². The molecule has 0 aliphatic carbocycles. The largest absolute Gasteiger partial charge is 0.283 e. The van der Waals surface area contributed by atoms with Crippen molar-refractivity contribution in [3.05, 3.63) is 41.7 Å². The Morgan fingerprint density at radius 1 is 1.04 bits per heavy atom. The van der Waals surface area contributed by atoms with E-state index in [2.05, 4.69) is 5.10 Å². The number of rotatable bonds is 4. The molecule has 1 aromatic carbocycles. The summed E-state index contributed by atoms with van der Waals surface area (Å²) in [5, 5.41) is 4.06. The summed E-state index contributed by atoms with van der Waals surface area (Å²) in [6, 6.07) is 7.88. The van der Waals surface area contributed by atoms with Gasteiger partial charge in [-0.05, 0) is 44.7 Å². The molecule has 2 aromatic rings. The van der Waals surface area contributed by atoms with Gasteiger partial charge in [0.1, 0.15) is 4.90 Å². The predicted octanol–water partition coefficient (Wildman–Crippen LogP) is 2.16. The molecule has 26 heavy (non-hydrogen) atoms. The zero-order chi connectivity index (χ0) is 19.1. The molecule has 142 valence electrons. The van der Waals surface area contributed by atoms with Crippen LogP contribution in [0.1, 0.15) is 31.2 Å². The van der Waals surface area contributed by atoms with E-state index in [1.54, 1.807) is 18.2 Å². The minimum absolute atomic E-state index is 0.00824. The molecule has 1 saturated heterocycles. The van der Waals surface area contributed by atoms with Crippen LogP contribution in [0.5, 0.6) is 0 Å². The lowest BCUT2D eigenvalue weighted by Gasteiger charge is -2.30. The van der Waals surface area contributed by atoms with Gasteiger partial charge in [0.25, 0.3) is 10.0 Å². The maximum atomic E-state index is 13.1. The summed E-state index contributed by atoms with van der Waals surface area (Å²) in [6.45, 7) is 5.93. The van der Waals surface area contributed by atoms with Crippen molar-refractivity contribution in [2.45, 2.75) is 43.4 Å². The van der Waals surface area contributed by atoms with E-state index in [1.807, 2.05) is 6.92 Å². The van der Waals surface area contributed by atoms with E-state index in [1.165, 1.54) is 30.3 Å².